The van der Waals surface area contributed by atoms with Crippen LogP contribution in [0.5, 0.6) is 0 Å². The number of rotatable bonds is 3. The summed E-state index contributed by atoms with van der Waals surface area (Å²) in [5, 5.41) is 20.0. The van der Waals surface area contributed by atoms with Crippen molar-refractivity contribution >= 4 is 11.7 Å². The van der Waals surface area contributed by atoms with Crippen molar-refractivity contribution in [1.82, 2.24) is 15.5 Å². The average Bonchev–Trinajstić information content (AvgIpc) is 2.41. The first-order valence-electron chi connectivity index (χ1n) is 6.00. The summed E-state index contributed by atoms with van der Waals surface area (Å²) in [6.07, 6.45) is 3.07. The van der Waals surface area contributed by atoms with Gasteiger partial charge in [-0.25, -0.2) is 5.84 Å². The number of hydrogen-bond donors (Lipinski definition) is 4. The third kappa shape index (κ3) is 2.93. The molecule has 0 aliphatic heterocycles. The molecule has 2 unspecified atom stereocenters. The summed E-state index contributed by atoms with van der Waals surface area (Å²) in [6.45, 7) is 0. The van der Waals surface area contributed by atoms with Crippen LogP contribution in [-0.2, 0) is 0 Å². The first-order chi connectivity index (χ1) is 8.70. The molecule has 7 heteroatoms. The second kappa shape index (κ2) is 5.74. The Morgan fingerprint density at radius 3 is 2.72 bits per heavy atom. The van der Waals surface area contributed by atoms with Gasteiger partial charge in [-0.05, 0) is 25.0 Å². The Morgan fingerprint density at radius 2 is 2.11 bits per heavy atom. The molecular weight excluding hydrogens is 234 g/mol. The first kappa shape index (κ1) is 12.7. The molecule has 98 valence electrons. The molecule has 0 radical (unpaired) electrons. The fourth-order valence-corrected chi connectivity index (χ4v) is 2.05. The number of nitrogens with two attached hydrogens (primary N) is 1. The smallest absolute Gasteiger partial charge is 0.272 e. The fraction of sp³-hybridized carbons (Fsp3) is 0.545. The van der Waals surface area contributed by atoms with Gasteiger partial charge >= 0.3 is 0 Å². The Morgan fingerprint density at radius 1 is 1.33 bits per heavy atom. The largest absolute Gasteiger partial charge is 0.391 e. The zero-order valence-corrected chi connectivity index (χ0v) is 9.97. The van der Waals surface area contributed by atoms with Gasteiger partial charge in [0.15, 0.2) is 11.5 Å². The Hall–Kier alpha value is -1.73. The van der Waals surface area contributed by atoms with Gasteiger partial charge in [0.05, 0.1) is 12.1 Å². The molecule has 1 amide bonds. The number of nitrogen functional groups attached to an aromatic ring is 1. The molecule has 0 saturated heterocycles. The maximum atomic E-state index is 11.9. The third-order valence-corrected chi connectivity index (χ3v) is 3.09. The van der Waals surface area contributed by atoms with E-state index in [1.54, 1.807) is 6.07 Å². The van der Waals surface area contributed by atoms with Crippen molar-refractivity contribution in [3.05, 3.63) is 17.8 Å². The van der Waals surface area contributed by atoms with E-state index in [1.165, 1.54) is 6.07 Å². The number of aromatic nitrogens is 2. The van der Waals surface area contributed by atoms with Crippen LogP contribution >= 0.6 is 0 Å². The summed E-state index contributed by atoms with van der Waals surface area (Å²) < 4.78 is 0. The molecule has 5 N–H and O–H groups in total. The van der Waals surface area contributed by atoms with Crippen LogP contribution in [0.4, 0.5) is 5.82 Å². The number of nitrogens with one attached hydrogen (secondary N) is 2. The van der Waals surface area contributed by atoms with Gasteiger partial charge in [-0.3, -0.25) is 4.79 Å². The van der Waals surface area contributed by atoms with Crippen LogP contribution < -0.4 is 16.6 Å². The lowest BCUT2D eigenvalue weighted by molar-refractivity contribution is 0.0713. The van der Waals surface area contributed by atoms with Gasteiger partial charge < -0.3 is 15.8 Å². The van der Waals surface area contributed by atoms with E-state index in [4.69, 9.17) is 5.84 Å². The van der Waals surface area contributed by atoms with Gasteiger partial charge in [0.2, 0.25) is 0 Å². The van der Waals surface area contributed by atoms with E-state index in [0.29, 0.717) is 5.82 Å². The first-order valence-corrected chi connectivity index (χ1v) is 6.00. The summed E-state index contributed by atoms with van der Waals surface area (Å²) in [4.78, 5) is 11.9. The molecule has 1 aliphatic rings. The molecule has 2 rings (SSSR count). The molecule has 1 aromatic rings. The SMILES string of the molecule is NNc1ccc(C(=O)NC2CCCCC2O)nn1. The topological polar surface area (TPSA) is 113 Å². The van der Waals surface area contributed by atoms with Gasteiger partial charge in [-0.2, -0.15) is 0 Å². The lowest BCUT2D eigenvalue weighted by Gasteiger charge is -2.28. The highest BCUT2D eigenvalue weighted by Gasteiger charge is 2.25. The van der Waals surface area contributed by atoms with Crippen LogP contribution in [0.3, 0.4) is 0 Å². The Labute approximate surface area is 105 Å². The molecule has 0 bridgehead atoms. The second-order valence-corrected chi connectivity index (χ2v) is 4.38. The number of hydrazine groups is 1. The van der Waals surface area contributed by atoms with E-state index < -0.39 is 6.10 Å². The molecule has 1 aliphatic carbocycles. The number of amides is 1. The van der Waals surface area contributed by atoms with E-state index in [1.807, 2.05) is 0 Å². The highest BCUT2D eigenvalue weighted by atomic mass is 16.3. The van der Waals surface area contributed by atoms with Crippen LogP contribution in [-0.4, -0.2) is 33.4 Å². The molecule has 0 aromatic carbocycles. The van der Waals surface area contributed by atoms with Gasteiger partial charge in [0, 0.05) is 0 Å². The molecule has 1 saturated carbocycles. The predicted molar refractivity (Wildman–Crippen MR) is 65.6 cm³/mol. The highest BCUT2D eigenvalue weighted by molar-refractivity contribution is 5.92. The lowest BCUT2D eigenvalue weighted by atomic mass is 9.92. The number of aliphatic hydroxyl groups excluding tert-OH is 1. The van der Waals surface area contributed by atoms with Crippen LogP contribution in [0.1, 0.15) is 36.2 Å². The number of carbonyl (C=O) groups is 1. The second-order valence-electron chi connectivity index (χ2n) is 4.38. The number of carbonyl (C=O) groups excluding carboxylic acids is 1. The molecular formula is C11H17N5O2. The number of anilines is 1. The zero-order chi connectivity index (χ0) is 13.0. The van der Waals surface area contributed by atoms with Gasteiger partial charge in [0.1, 0.15) is 0 Å². The number of nitrogens with zero attached hydrogens (tertiary/aromatic N) is 2. The maximum Gasteiger partial charge on any atom is 0.272 e. The molecule has 7 nitrogen and oxygen atoms in total. The quantitative estimate of drug-likeness (QED) is 0.437. The maximum absolute atomic E-state index is 11.9. The molecule has 2 atom stereocenters. The van der Waals surface area contributed by atoms with E-state index in [-0.39, 0.29) is 17.6 Å². The van der Waals surface area contributed by atoms with E-state index in [9.17, 15) is 9.90 Å². The van der Waals surface area contributed by atoms with Gasteiger partial charge in [0.25, 0.3) is 5.91 Å². The van der Waals surface area contributed by atoms with Gasteiger partial charge in [-0.1, -0.05) is 12.8 Å². The molecule has 18 heavy (non-hydrogen) atoms. The Kier molecular flexibility index (Phi) is 4.06. The molecule has 1 heterocycles. The van der Waals surface area contributed by atoms with Crippen molar-refractivity contribution in [2.24, 2.45) is 5.84 Å². The third-order valence-electron chi connectivity index (χ3n) is 3.09. The van der Waals surface area contributed by atoms with Crippen molar-refractivity contribution in [3.8, 4) is 0 Å². The van der Waals surface area contributed by atoms with Gasteiger partial charge in [-0.15, -0.1) is 10.2 Å². The molecule has 0 spiro atoms. The minimum atomic E-state index is -0.472. The predicted octanol–water partition coefficient (Wildman–Crippen LogP) is -0.205. The molecule has 1 aromatic heterocycles. The zero-order valence-electron chi connectivity index (χ0n) is 9.97. The summed E-state index contributed by atoms with van der Waals surface area (Å²) in [5.41, 5.74) is 2.55. The van der Waals surface area contributed by atoms with Crippen LogP contribution in [0.2, 0.25) is 0 Å². The van der Waals surface area contributed by atoms with E-state index >= 15 is 0 Å². The van der Waals surface area contributed by atoms with Crippen LogP contribution in [0, 0.1) is 0 Å². The van der Waals surface area contributed by atoms with E-state index in [0.717, 1.165) is 25.7 Å². The standard InChI is InChI=1S/C11H17N5O2/c12-14-10-6-5-8(15-16-10)11(18)13-7-3-1-2-4-9(7)17/h5-7,9,17H,1-4,12H2,(H,13,18)(H,14,16). The number of hydrogen-bond acceptors (Lipinski definition) is 6. The van der Waals surface area contributed by atoms with Crippen molar-refractivity contribution in [2.75, 3.05) is 5.43 Å². The summed E-state index contributed by atoms with van der Waals surface area (Å²) >= 11 is 0. The highest BCUT2D eigenvalue weighted by Crippen LogP contribution is 2.18. The minimum absolute atomic E-state index is 0.194. The normalized spacial score (nSPS) is 23.4. The van der Waals surface area contributed by atoms with Crippen molar-refractivity contribution in [3.63, 3.8) is 0 Å². The van der Waals surface area contributed by atoms with Crippen LogP contribution in [0.15, 0.2) is 12.1 Å². The molecule has 1 fully saturated rings. The number of aliphatic hydroxyl groups is 1. The van der Waals surface area contributed by atoms with Crippen molar-refractivity contribution < 1.29 is 9.90 Å². The van der Waals surface area contributed by atoms with Crippen LogP contribution in [0.25, 0.3) is 0 Å². The van der Waals surface area contributed by atoms with Crippen molar-refractivity contribution in [2.45, 2.75) is 37.8 Å². The summed E-state index contributed by atoms with van der Waals surface area (Å²) in [7, 11) is 0. The lowest BCUT2D eigenvalue weighted by Crippen LogP contribution is -2.45. The fourth-order valence-electron chi connectivity index (χ4n) is 2.05. The Bertz CT molecular complexity index is 408. The monoisotopic (exact) mass is 251 g/mol. The Balaban J connectivity index is 1.97. The average molecular weight is 251 g/mol. The summed E-state index contributed by atoms with van der Waals surface area (Å²) in [6, 6.07) is 2.91. The summed E-state index contributed by atoms with van der Waals surface area (Å²) in [5.74, 6) is 5.23. The van der Waals surface area contributed by atoms with E-state index in [2.05, 4.69) is 20.9 Å². The van der Waals surface area contributed by atoms with Crippen molar-refractivity contribution in [1.29, 1.82) is 0 Å². The minimum Gasteiger partial charge on any atom is -0.391 e.